The van der Waals surface area contributed by atoms with Crippen LogP contribution >= 0.6 is 15.9 Å². The lowest BCUT2D eigenvalue weighted by Gasteiger charge is -2.29. The Balaban J connectivity index is 2.74. The van der Waals surface area contributed by atoms with Gasteiger partial charge in [-0.3, -0.25) is 4.79 Å². The number of carbonyl (C=O) groups is 1. The lowest BCUT2D eigenvalue weighted by atomic mass is 9.95. The van der Waals surface area contributed by atoms with E-state index in [2.05, 4.69) is 42.0 Å². The standard InChI is InChI=1S/C15H22BrNO/c1-4-12-6-8-13(9-7-12)14(18)17-15(3,5-2)10-11-16/h6-9H,4-5,10-11H2,1-3H3,(H,17,18). The number of carbonyl (C=O) groups excluding carboxylic acids is 1. The van der Waals surface area contributed by atoms with E-state index in [0.717, 1.165) is 30.2 Å². The van der Waals surface area contributed by atoms with Crippen molar-refractivity contribution in [3.8, 4) is 0 Å². The molecule has 0 aromatic heterocycles. The van der Waals surface area contributed by atoms with Crippen LogP contribution in [0.4, 0.5) is 0 Å². The van der Waals surface area contributed by atoms with E-state index >= 15 is 0 Å². The fraction of sp³-hybridized carbons (Fsp3) is 0.533. The van der Waals surface area contributed by atoms with Crippen molar-refractivity contribution in [2.24, 2.45) is 0 Å². The topological polar surface area (TPSA) is 29.1 Å². The Hall–Kier alpha value is -0.830. The van der Waals surface area contributed by atoms with E-state index in [-0.39, 0.29) is 11.4 Å². The van der Waals surface area contributed by atoms with Gasteiger partial charge < -0.3 is 5.32 Å². The molecule has 1 atom stereocenters. The highest BCUT2D eigenvalue weighted by Crippen LogP contribution is 2.17. The van der Waals surface area contributed by atoms with Gasteiger partial charge in [-0.2, -0.15) is 0 Å². The first kappa shape index (κ1) is 15.2. The molecule has 0 saturated carbocycles. The summed E-state index contributed by atoms with van der Waals surface area (Å²) in [5.41, 5.74) is 1.86. The highest BCUT2D eigenvalue weighted by atomic mass is 79.9. The van der Waals surface area contributed by atoms with Crippen molar-refractivity contribution in [2.45, 2.75) is 45.6 Å². The van der Waals surface area contributed by atoms with Crippen molar-refractivity contribution < 1.29 is 4.79 Å². The molecule has 1 N–H and O–H groups in total. The van der Waals surface area contributed by atoms with E-state index in [0.29, 0.717) is 0 Å². The molecule has 0 aliphatic rings. The minimum Gasteiger partial charge on any atom is -0.347 e. The molecule has 0 heterocycles. The Morgan fingerprint density at radius 3 is 2.33 bits per heavy atom. The van der Waals surface area contributed by atoms with Gasteiger partial charge in [0, 0.05) is 16.4 Å². The molecule has 1 unspecified atom stereocenters. The maximum absolute atomic E-state index is 12.2. The van der Waals surface area contributed by atoms with Crippen LogP contribution in [0.3, 0.4) is 0 Å². The summed E-state index contributed by atoms with van der Waals surface area (Å²) in [4.78, 5) is 12.2. The Morgan fingerprint density at radius 2 is 1.89 bits per heavy atom. The van der Waals surface area contributed by atoms with Gasteiger partial charge in [-0.05, 0) is 43.9 Å². The first-order valence-electron chi connectivity index (χ1n) is 6.52. The number of benzene rings is 1. The Kier molecular flexibility index (Phi) is 5.86. The van der Waals surface area contributed by atoms with E-state index in [1.807, 2.05) is 24.3 Å². The molecule has 3 heteroatoms. The van der Waals surface area contributed by atoms with E-state index in [1.165, 1.54) is 5.56 Å². The predicted molar refractivity (Wildman–Crippen MR) is 80.4 cm³/mol. The van der Waals surface area contributed by atoms with Gasteiger partial charge in [0.05, 0.1) is 0 Å². The Morgan fingerprint density at radius 1 is 1.28 bits per heavy atom. The normalized spacial score (nSPS) is 14.0. The van der Waals surface area contributed by atoms with Crippen LogP contribution in [0.15, 0.2) is 24.3 Å². The van der Waals surface area contributed by atoms with Crippen LogP contribution in [0.1, 0.15) is 49.5 Å². The van der Waals surface area contributed by atoms with Gasteiger partial charge in [0.25, 0.3) is 5.91 Å². The van der Waals surface area contributed by atoms with Gasteiger partial charge in [-0.1, -0.05) is 41.9 Å². The summed E-state index contributed by atoms with van der Waals surface area (Å²) in [6, 6.07) is 7.84. The number of hydrogen-bond acceptors (Lipinski definition) is 1. The number of rotatable bonds is 6. The predicted octanol–water partition coefficient (Wildman–Crippen LogP) is 3.93. The van der Waals surface area contributed by atoms with Gasteiger partial charge in [-0.15, -0.1) is 0 Å². The first-order chi connectivity index (χ1) is 8.54. The second kappa shape index (κ2) is 6.93. The molecular formula is C15H22BrNO. The monoisotopic (exact) mass is 311 g/mol. The van der Waals surface area contributed by atoms with Crippen molar-refractivity contribution in [3.05, 3.63) is 35.4 Å². The second-order valence-corrected chi connectivity index (χ2v) is 5.65. The van der Waals surface area contributed by atoms with Crippen LogP contribution < -0.4 is 5.32 Å². The van der Waals surface area contributed by atoms with Crippen molar-refractivity contribution in [3.63, 3.8) is 0 Å². The molecule has 1 amide bonds. The molecule has 18 heavy (non-hydrogen) atoms. The molecule has 100 valence electrons. The summed E-state index contributed by atoms with van der Waals surface area (Å²) in [5, 5.41) is 4.02. The summed E-state index contributed by atoms with van der Waals surface area (Å²) in [6.45, 7) is 6.30. The van der Waals surface area contributed by atoms with Crippen molar-refractivity contribution in [1.82, 2.24) is 5.32 Å². The maximum Gasteiger partial charge on any atom is 0.251 e. The molecule has 2 nitrogen and oxygen atoms in total. The summed E-state index contributed by atoms with van der Waals surface area (Å²) in [5.74, 6) is 0.0166. The maximum atomic E-state index is 12.2. The average Bonchev–Trinajstić information content (AvgIpc) is 2.39. The third kappa shape index (κ3) is 4.13. The van der Waals surface area contributed by atoms with E-state index in [9.17, 15) is 4.79 Å². The molecule has 0 saturated heterocycles. The van der Waals surface area contributed by atoms with Crippen molar-refractivity contribution >= 4 is 21.8 Å². The van der Waals surface area contributed by atoms with Crippen molar-refractivity contribution in [2.75, 3.05) is 5.33 Å². The van der Waals surface area contributed by atoms with Crippen LogP contribution in [0.25, 0.3) is 0 Å². The molecular weight excluding hydrogens is 290 g/mol. The highest BCUT2D eigenvalue weighted by Gasteiger charge is 2.23. The lowest BCUT2D eigenvalue weighted by molar-refractivity contribution is 0.0902. The van der Waals surface area contributed by atoms with Gasteiger partial charge in [0.15, 0.2) is 0 Å². The summed E-state index contributed by atoms with van der Waals surface area (Å²) in [6.07, 6.45) is 2.86. The molecule has 1 aromatic rings. The SMILES string of the molecule is CCc1ccc(C(=O)NC(C)(CC)CCBr)cc1. The summed E-state index contributed by atoms with van der Waals surface area (Å²) >= 11 is 3.44. The summed E-state index contributed by atoms with van der Waals surface area (Å²) in [7, 11) is 0. The number of amides is 1. The van der Waals surface area contributed by atoms with Crippen LogP contribution in [0, 0.1) is 0 Å². The number of halogens is 1. The zero-order valence-corrected chi connectivity index (χ0v) is 13.0. The quantitative estimate of drug-likeness (QED) is 0.792. The molecule has 0 radical (unpaired) electrons. The zero-order chi connectivity index (χ0) is 13.6. The van der Waals surface area contributed by atoms with Crippen LogP contribution in [-0.4, -0.2) is 16.8 Å². The molecule has 0 spiro atoms. The summed E-state index contributed by atoms with van der Waals surface area (Å²) < 4.78 is 0. The first-order valence-corrected chi connectivity index (χ1v) is 7.64. The minimum atomic E-state index is -0.135. The molecule has 0 bridgehead atoms. The van der Waals surface area contributed by atoms with Gasteiger partial charge in [0.1, 0.15) is 0 Å². The van der Waals surface area contributed by atoms with Gasteiger partial charge in [0.2, 0.25) is 0 Å². The van der Waals surface area contributed by atoms with E-state index < -0.39 is 0 Å². The number of hydrogen-bond donors (Lipinski definition) is 1. The van der Waals surface area contributed by atoms with Crippen LogP contribution in [0.5, 0.6) is 0 Å². The number of nitrogens with one attached hydrogen (secondary N) is 1. The third-order valence-electron chi connectivity index (χ3n) is 3.47. The zero-order valence-electron chi connectivity index (χ0n) is 11.4. The molecule has 1 aromatic carbocycles. The van der Waals surface area contributed by atoms with E-state index in [1.54, 1.807) is 0 Å². The van der Waals surface area contributed by atoms with Gasteiger partial charge in [-0.25, -0.2) is 0 Å². The smallest absolute Gasteiger partial charge is 0.251 e. The molecule has 0 aliphatic heterocycles. The second-order valence-electron chi connectivity index (χ2n) is 4.86. The van der Waals surface area contributed by atoms with Crippen molar-refractivity contribution in [1.29, 1.82) is 0 Å². The lowest BCUT2D eigenvalue weighted by Crippen LogP contribution is -2.45. The highest BCUT2D eigenvalue weighted by molar-refractivity contribution is 9.09. The van der Waals surface area contributed by atoms with Crippen LogP contribution in [-0.2, 0) is 6.42 Å². The van der Waals surface area contributed by atoms with E-state index in [4.69, 9.17) is 0 Å². The molecule has 1 rings (SSSR count). The van der Waals surface area contributed by atoms with Crippen LogP contribution in [0.2, 0.25) is 0 Å². The third-order valence-corrected chi connectivity index (χ3v) is 3.86. The molecule has 0 aliphatic carbocycles. The fourth-order valence-electron chi connectivity index (χ4n) is 1.77. The fourth-order valence-corrected chi connectivity index (χ4v) is 2.65. The number of aryl methyl sites for hydroxylation is 1. The van der Waals surface area contributed by atoms with Gasteiger partial charge >= 0.3 is 0 Å². The Labute approximate surface area is 118 Å². The minimum absolute atomic E-state index is 0.0166. The molecule has 0 fully saturated rings. The largest absolute Gasteiger partial charge is 0.347 e. The average molecular weight is 312 g/mol. The number of alkyl halides is 1. The Bertz CT molecular complexity index is 388.